The summed E-state index contributed by atoms with van der Waals surface area (Å²) in [6, 6.07) is 8.27. The van der Waals surface area contributed by atoms with Crippen molar-refractivity contribution < 1.29 is 0 Å². The highest BCUT2D eigenvalue weighted by molar-refractivity contribution is 5.92. The van der Waals surface area contributed by atoms with Gasteiger partial charge in [0.1, 0.15) is 0 Å². The first-order valence-corrected chi connectivity index (χ1v) is 6.29. The van der Waals surface area contributed by atoms with Gasteiger partial charge in [0.25, 0.3) is 0 Å². The van der Waals surface area contributed by atoms with Crippen LogP contribution in [0.3, 0.4) is 0 Å². The molecule has 19 heavy (non-hydrogen) atoms. The fraction of sp³-hybridized carbons (Fsp3) is 0.267. The lowest BCUT2D eigenvalue weighted by molar-refractivity contribution is 0.916. The molecule has 0 spiro atoms. The molecule has 0 saturated carbocycles. The van der Waals surface area contributed by atoms with Crippen LogP contribution in [0.1, 0.15) is 16.7 Å². The molecule has 2 aromatic rings. The monoisotopic (exact) mass is 256 g/mol. The van der Waals surface area contributed by atoms with E-state index in [4.69, 9.17) is 5.73 Å². The van der Waals surface area contributed by atoms with E-state index in [2.05, 4.69) is 42.4 Å². The van der Waals surface area contributed by atoms with Crippen LogP contribution in [-0.4, -0.2) is 10.5 Å². The lowest BCUT2D eigenvalue weighted by Crippen LogP contribution is -2.22. The minimum atomic E-state index is 0.439. The zero-order valence-corrected chi connectivity index (χ0v) is 11.6. The van der Waals surface area contributed by atoms with Crippen LogP contribution in [-0.2, 0) is 13.6 Å². The summed E-state index contributed by atoms with van der Waals surface area (Å²) < 4.78 is 2.00. The fourth-order valence-electron chi connectivity index (χ4n) is 2.07. The van der Waals surface area contributed by atoms with Gasteiger partial charge in [-0.2, -0.15) is 0 Å². The summed E-state index contributed by atoms with van der Waals surface area (Å²) in [6.07, 6.45) is 4.03. The van der Waals surface area contributed by atoms with Crippen molar-refractivity contribution in [3.63, 3.8) is 0 Å². The predicted molar refractivity (Wildman–Crippen MR) is 80.3 cm³/mol. The van der Waals surface area contributed by atoms with E-state index in [0.717, 1.165) is 11.3 Å². The summed E-state index contributed by atoms with van der Waals surface area (Å²) in [5.74, 6) is 0.439. The van der Waals surface area contributed by atoms with E-state index in [1.54, 1.807) is 0 Å². The molecule has 4 nitrogen and oxygen atoms in total. The molecule has 4 heteroatoms. The van der Waals surface area contributed by atoms with E-state index in [-0.39, 0.29) is 0 Å². The van der Waals surface area contributed by atoms with Crippen molar-refractivity contribution in [3.05, 3.63) is 53.3 Å². The summed E-state index contributed by atoms with van der Waals surface area (Å²) in [7, 11) is 1.99. The summed E-state index contributed by atoms with van der Waals surface area (Å²) in [6.45, 7) is 4.72. The highest BCUT2D eigenvalue weighted by Crippen LogP contribution is 2.13. The molecular formula is C15H20N4. The van der Waals surface area contributed by atoms with Gasteiger partial charge in [0.15, 0.2) is 5.96 Å². The highest BCUT2D eigenvalue weighted by Gasteiger charge is 1.98. The molecule has 0 atom stereocenters. The molecule has 2 rings (SSSR count). The number of hydrogen-bond acceptors (Lipinski definition) is 1. The molecule has 0 amide bonds. The molecule has 1 heterocycles. The number of benzene rings is 1. The maximum atomic E-state index is 5.89. The van der Waals surface area contributed by atoms with Gasteiger partial charge in [-0.25, -0.2) is 4.99 Å². The van der Waals surface area contributed by atoms with Crippen molar-refractivity contribution in [2.45, 2.75) is 20.4 Å². The Morgan fingerprint density at radius 1 is 1.26 bits per heavy atom. The molecule has 0 radical (unpaired) electrons. The Kier molecular flexibility index (Phi) is 3.90. The van der Waals surface area contributed by atoms with Crippen LogP contribution in [0.2, 0.25) is 0 Å². The number of guanidine groups is 1. The van der Waals surface area contributed by atoms with Crippen molar-refractivity contribution in [2.75, 3.05) is 5.32 Å². The van der Waals surface area contributed by atoms with Crippen LogP contribution < -0.4 is 11.1 Å². The molecular weight excluding hydrogens is 236 g/mol. The molecule has 0 aliphatic carbocycles. The van der Waals surface area contributed by atoms with E-state index < -0.39 is 0 Å². The maximum Gasteiger partial charge on any atom is 0.193 e. The van der Waals surface area contributed by atoms with Crippen LogP contribution in [0, 0.1) is 13.8 Å². The zero-order chi connectivity index (χ0) is 13.8. The van der Waals surface area contributed by atoms with Gasteiger partial charge in [-0.1, -0.05) is 6.07 Å². The first-order valence-electron chi connectivity index (χ1n) is 6.29. The molecule has 0 fully saturated rings. The zero-order valence-electron chi connectivity index (χ0n) is 11.6. The van der Waals surface area contributed by atoms with Gasteiger partial charge < -0.3 is 15.6 Å². The van der Waals surface area contributed by atoms with Crippen molar-refractivity contribution in [3.8, 4) is 0 Å². The smallest absolute Gasteiger partial charge is 0.193 e. The van der Waals surface area contributed by atoms with Crippen LogP contribution in [0.15, 0.2) is 41.7 Å². The Morgan fingerprint density at radius 3 is 2.53 bits per heavy atom. The Labute approximate surface area is 114 Å². The number of aromatic nitrogens is 1. The van der Waals surface area contributed by atoms with Gasteiger partial charge in [0.05, 0.1) is 6.54 Å². The number of hydrogen-bond donors (Lipinski definition) is 2. The molecule has 0 saturated heterocycles. The Morgan fingerprint density at radius 2 is 1.95 bits per heavy atom. The third kappa shape index (κ3) is 3.88. The van der Waals surface area contributed by atoms with Gasteiger partial charge in [-0.3, -0.25) is 0 Å². The van der Waals surface area contributed by atoms with Gasteiger partial charge >= 0.3 is 0 Å². The highest BCUT2D eigenvalue weighted by atomic mass is 15.1. The lowest BCUT2D eigenvalue weighted by atomic mass is 10.1. The average Bonchev–Trinajstić information content (AvgIpc) is 2.71. The van der Waals surface area contributed by atoms with Crippen LogP contribution in [0.4, 0.5) is 5.69 Å². The minimum absolute atomic E-state index is 0.439. The van der Waals surface area contributed by atoms with Crippen LogP contribution in [0.5, 0.6) is 0 Å². The largest absolute Gasteiger partial charge is 0.370 e. The summed E-state index contributed by atoms with van der Waals surface area (Å²) in [4.78, 5) is 4.33. The second-order valence-electron chi connectivity index (χ2n) is 4.89. The first-order chi connectivity index (χ1) is 9.02. The second-order valence-corrected chi connectivity index (χ2v) is 4.89. The normalized spacial score (nSPS) is 11.6. The summed E-state index contributed by atoms with van der Waals surface area (Å²) in [5.41, 5.74) is 10.4. The average molecular weight is 256 g/mol. The number of nitrogens with two attached hydrogens (primary N) is 1. The van der Waals surface area contributed by atoms with E-state index in [1.807, 2.05) is 30.1 Å². The Balaban J connectivity index is 2.01. The quantitative estimate of drug-likeness (QED) is 0.655. The van der Waals surface area contributed by atoms with E-state index in [0.29, 0.717) is 12.5 Å². The standard InChI is InChI=1S/C15H20N4/c1-11-6-12(2)8-14(7-11)18-15(16)17-9-13-4-5-19(3)10-13/h4-8,10H,9H2,1-3H3,(H3,16,17,18). The summed E-state index contributed by atoms with van der Waals surface area (Å²) >= 11 is 0. The first kappa shape index (κ1) is 13.2. The third-order valence-corrected chi connectivity index (χ3v) is 2.82. The van der Waals surface area contributed by atoms with Gasteiger partial charge in [0.2, 0.25) is 0 Å². The van der Waals surface area contributed by atoms with Crippen molar-refractivity contribution in [1.82, 2.24) is 4.57 Å². The Hall–Kier alpha value is -2.23. The van der Waals surface area contributed by atoms with Crippen molar-refractivity contribution >= 4 is 11.6 Å². The van der Waals surface area contributed by atoms with Crippen molar-refractivity contribution in [2.24, 2.45) is 17.8 Å². The van der Waals surface area contributed by atoms with E-state index in [9.17, 15) is 0 Å². The van der Waals surface area contributed by atoms with Gasteiger partial charge in [-0.15, -0.1) is 0 Å². The molecule has 0 bridgehead atoms. The maximum absolute atomic E-state index is 5.89. The number of nitrogens with zero attached hydrogens (tertiary/aromatic N) is 2. The third-order valence-electron chi connectivity index (χ3n) is 2.82. The molecule has 0 unspecified atom stereocenters. The predicted octanol–water partition coefficient (Wildman–Crippen LogP) is 2.57. The number of aryl methyl sites for hydroxylation is 3. The molecule has 0 aliphatic rings. The molecule has 1 aromatic heterocycles. The molecule has 3 N–H and O–H groups in total. The molecule has 100 valence electrons. The number of rotatable bonds is 3. The number of aliphatic imine (C=N–C) groups is 1. The lowest BCUT2D eigenvalue weighted by Gasteiger charge is -2.07. The van der Waals surface area contributed by atoms with Gasteiger partial charge in [-0.05, 0) is 48.7 Å². The topological polar surface area (TPSA) is 55.3 Å². The number of nitrogens with one attached hydrogen (secondary N) is 1. The molecule has 1 aromatic carbocycles. The van der Waals surface area contributed by atoms with Gasteiger partial charge in [0, 0.05) is 25.1 Å². The van der Waals surface area contributed by atoms with Crippen LogP contribution >= 0.6 is 0 Å². The van der Waals surface area contributed by atoms with E-state index >= 15 is 0 Å². The SMILES string of the molecule is Cc1cc(C)cc(NC(N)=NCc2ccn(C)c2)c1. The van der Waals surface area contributed by atoms with E-state index in [1.165, 1.54) is 11.1 Å². The number of anilines is 1. The molecule has 0 aliphatic heterocycles. The van der Waals surface area contributed by atoms with Crippen molar-refractivity contribution in [1.29, 1.82) is 0 Å². The Bertz CT molecular complexity index is 576. The second kappa shape index (κ2) is 5.61. The summed E-state index contributed by atoms with van der Waals surface area (Å²) in [5, 5.41) is 3.12. The minimum Gasteiger partial charge on any atom is -0.370 e. The fourth-order valence-corrected chi connectivity index (χ4v) is 2.07. The van der Waals surface area contributed by atoms with Crippen LogP contribution in [0.25, 0.3) is 0 Å².